The fraction of sp³-hybridized carbons (Fsp3) is 0.0556. The number of carboxylic acids is 1. The minimum atomic E-state index is -3.79. The summed E-state index contributed by atoms with van der Waals surface area (Å²) in [7, 11) is -3.79. The number of benzene rings is 2. The lowest BCUT2D eigenvalue weighted by atomic mass is 9.99. The molecule has 3 rings (SSSR count). The fourth-order valence-electron chi connectivity index (χ4n) is 2.69. The number of carbonyl (C=O) groups is 1. The molecule has 1 heterocycles. The minimum absolute atomic E-state index is 0.00992. The average molecular weight is 373 g/mol. The standard InChI is InChI=1S/C18H15NO4S2/c1-11-15(12-7-9-14(10-8-12)25(19,22)23)17(18(20)21)24-16(11)13-5-3-2-4-6-13/h2-10H,1H3,(H,20,21)(H2,19,22,23). The highest BCUT2D eigenvalue weighted by Gasteiger charge is 2.22. The Hall–Kier alpha value is -2.48. The van der Waals surface area contributed by atoms with Crippen LogP contribution in [0.1, 0.15) is 15.2 Å². The number of hydrogen-bond acceptors (Lipinski definition) is 4. The van der Waals surface area contributed by atoms with E-state index in [0.29, 0.717) is 11.1 Å². The van der Waals surface area contributed by atoms with Crippen LogP contribution in [-0.4, -0.2) is 19.5 Å². The van der Waals surface area contributed by atoms with Gasteiger partial charge in [-0.15, -0.1) is 11.3 Å². The number of rotatable bonds is 4. The Kier molecular flexibility index (Phi) is 4.47. The highest BCUT2D eigenvalue weighted by Crippen LogP contribution is 2.41. The summed E-state index contributed by atoms with van der Waals surface area (Å²) in [4.78, 5) is 12.8. The Morgan fingerprint density at radius 2 is 1.60 bits per heavy atom. The Balaban J connectivity index is 2.19. The zero-order valence-corrected chi connectivity index (χ0v) is 14.9. The smallest absolute Gasteiger partial charge is 0.346 e. The van der Waals surface area contributed by atoms with Crippen molar-refractivity contribution in [3.8, 4) is 21.6 Å². The SMILES string of the molecule is Cc1c(-c2ccccc2)sc(C(=O)O)c1-c1ccc(S(N)(=O)=O)cc1. The number of aromatic carboxylic acids is 1. The fourth-order valence-corrected chi connectivity index (χ4v) is 4.38. The predicted molar refractivity (Wildman–Crippen MR) is 98.3 cm³/mol. The third kappa shape index (κ3) is 3.34. The van der Waals surface area contributed by atoms with Gasteiger partial charge < -0.3 is 5.11 Å². The summed E-state index contributed by atoms with van der Waals surface area (Å²) in [5.41, 5.74) is 3.02. The summed E-state index contributed by atoms with van der Waals surface area (Å²) in [6.45, 7) is 1.87. The first-order chi connectivity index (χ1) is 11.8. The largest absolute Gasteiger partial charge is 0.477 e. The number of sulfonamides is 1. The van der Waals surface area contributed by atoms with Gasteiger partial charge in [0.1, 0.15) is 4.88 Å². The molecule has 0 atom stereocenters. The molecule has 25 heavy (non-hydrogen) atoms. The lowest BCUT2D eigenvalue weighted by Crippen LogP contribution is -2.11. The third-order valence-electron chi connectivity index (χ3n) is 3.85. The molecule has 0 aliphatic carbocycles. The van der Waals surface area contributed by atoms with Crippen LogP contribution in [-0.2, 0) is 10.0 Å². The van der Waals surface area contributed by atoms with Gasteiger partial charge in [-0.3, -0.25) is 0 Å². The van der Waals surface area contributed by atoms with E-state index < -0.39 is 16.0 Å². The highest BCUT2D eigenvalue weighted by atomic mass is 32.2. The summed E-state index contributed by atoms with van der Waals surface area (Å²) >= 11 is 1.21. The Morgan fingerprint density at radius 1 is 1.00 bits per heavy atom. The lowest BCUT2D eigenvalue weighted by molar-refractivity contribution is 0.0703. The average Bonchev–Trinajstić information content (AvgIpc) is 2.92. The molecule has 2 aromatic carbocycles. The van der Waals surface area contributed by atoms with Crippen molar-refractivity contribution in [2.75, 3.05) is 0 Å². The maximum atomic E-state index is 11.7. The van der Waals surface area contributed by atoms with Gasteiger partial charge in [0.25, 0.3) is 0 Å². The summed E-state index contributed by atoms with van der Waals surface area (Å²) < 4.78 is 22.8. The normalized spacial score (nSPS) is 11.4. The molecule has 1 aromatic heterocycles. The van der Waals surface area contributed by atoms with Gasteiger partial charge in [-0.05, 0) is 35.7 Å². The van der Waals surface area contributed by atoms with Gasteiger partial charge in [-0.2, -0.15) is 0 Å². The van der Waals surface area contributed by atoms with Crippen LogP contribution in [0.3, 0.4) is 0 Å². The van der Waals surface area contributed by atoms with Gasteiger partial charge in [0.2, 0.25) is 10.0 Å². The van der Waals surface area contributed by atoms with E-state index in [1.807, 2.05) is 37.3 Å². The molecule has 128 valence electrons. The number of nitrogens with two attached hydrogens (primary N) is 1. The van der Waals surface area contributed by atoms with Crippen molar-refractivity contribution in [2.45, 2.75) is 11.8 Å². The van der Waals surface area contributed by atoms with E-state index in [1.54, 1.807) is 12.1 Å². The van der Waals surface area contributed by atoms with Gasteiger partial charge in [0, 0.05) is 10.4 Å². The minimum Gasteiger partial charge on any atom is -0.477 e. The van der Waals surface area contributed by atoms with Gasteiger partial charge >= 0.3 is 5.97 Å². The molecular weight excluding hydrogens is 358 g/mol. The summed E-state index contributed by atoms with van der Waals surface area (Å²) in [6.07, 6.45) is 0. The van der Waals surface area contributed by atoms with E-state index in [1.165, 1.54) is 23.5 Å². The maximum absolute atomic E-state index is 11.7. The molecule has 5 nitrogen and oxygen atoms in total. The molecule has 3 N–H and O–H groups in total. The van der Waals surface area contributed by atoms with Crippen molar-refractivity contribution in [1.82, 2.24) is 0 Å². The van der Waals surface area contributed by atoms with E-state index in [0.717, 1.165) is 16.0 Å². The lowest BCUT2D eigenvalue weighted by Gasteiger charge is -2.06. The van der Waals surface area contributed by atoms with Crippen LogP contribution < -0.4 is 5.14 Å². The summed E-state index contributed by atoms with van der Waals surface area (Å²) in [5, 5.41) is 14.7. The molecular formula is C18H15NO4S2. The Bertz CT molecular complexity index is 1040. The quantitative estimate of drug-likeness (QED) is 0.728. The second-order valence-electron chi connectivity index (χ2n) is 5.50. The number of thiophene rings is 1. The molecule has 0 saturated heterocycles. The molecule has 0 unspecified atom stereocenters. The molecule has 7 heteroatoms. The number of primary sulfonamides is 1. The molecule has 3 aromatic rings. The van der Waals surface area contributed by atoms with Crippen LogP contribution in [0.15, 0.2) is 59.5 Å². The first kappa shape index (κ1) is 17.3. The molecule has 0 aliphatic rings. The van der Waals surface area contributed by atoms with Crippen LogP contribution in [0.25, 0.3) is 21.6 Å². The molecule has 0 fully saturated rings. The molecule has 0 saturated carbocycles. The van der Waals surface area contributed by atoms with Crippen molar-refractivity contribution in [1.29, 1.82) is 0 Å². The molecule has 0 amide bonds. The van der Waals surface area contributed by atoms with E-state index in [9.17, 15) is 18.3 Å². The highest BCUT2D eigenvalue weighted by molar-refractivity contribution is 7.89. The molecule has 0 spiro atoms. The van der Waals surface area contributed by atoms with Crippen LogP contribution in [0.2, 0.25) is 0 Å². The van der Waals surface area contributed by atoms with Gasteiger partial charge in [-0.1, -0.05) is 42.5 Å². The topological polar surface area (TPSA) is 97.5 Å². The van der Waals surface area contributed by atoms with Crippen LogP contribution in [0.4, 0.5) is 0 Å². The van der Waals surface area contributed by atoms with Crippen molar-refractivity contribution >= 4 is 27.3 Å². The predicted octanol–water partition coefficient (Wildman–Crippen LogP) is 3.74. The first-order valence-electron chi connectivity index (χ1n) is 7.34. The number of carboxylic acid groups (broad SMARTS) is 1. The summed E-state index contributed by atoms with van der Waals surface area (Å²) in [6, 6.07) is 15.5. The Morgan fingerprint density at radius 3 is 2.12 bits per heavy atom. The van der Waals surface area contributed by atoms with Crippen molar-refractivity contribution in [3.63, 3.8) is 0 Å². The van der Waals surface area contributed by atoms with Gasteiger partial charge in [0.05, 0.1) is 4.90 Å². The van der Waals surface area contributed by atoms with Crippen LogP contribution in [0.5, 0.6) is 0 Å². The number of hydrogen-bond donors (Lipinski definition) is 2. The van der Waals surface area contributed by atoms with Gasteiger partial charge in [-0.25, -0.2) is 18.4 Å². The van der Waals surface area contributed by atoms with Crippen LogP contribution in [0, 0.1) is 6.92 Å². The first-order valence-corrected chi connectivity index (χ1v) is 9.70. The third-order valence-corrected chi connectivity index (χ3v) is 6.11. The second kappa shape index (κ2) is 6.44. The van der Waals surface area contributed by atoms with Gasteiger partial charge in [0.15, 0.2) is 0 Å². The van der Waals surface area contributed by atoms with E-state index >= 15 is 0 Å². The zero-order chi connectivity index (χ0) is 18.2. The van der Waals surface area contributed by atoms with Crippen molar-refractivity contribution < 1.29 is 18.3 Å². The zero-order valence-electron chi connectivity index (χ0n) is 13.3. The Labute approximate surface area is 149 Å². The van der Waals surface area contributed by atoms with Crippen molar-refractivity contribution in [2.24, 2.45) is 5.14 Å². The van der Waals surface area contributed by atoms with E-state index in [4.69, 9.17) is 5.14 Å². The summed E-state index contributed by atoms with van der Waals surface area (Å²) in [5.74, 6) is -1.01. The molecule has 0 aliphatic heterocycles. The maximum Gasteiger partial charge on any atom is 0.346 e. The van der Waals surface area contributed by atoms with Crippen molar-refractivity contribution in [3.05, 3.63) is 65.0 Å². The molecule has 0 bridgehead atoms. The van der Waals surface area contributed by atoms with E-state index in [-0.39, 0.29) is 9.77 Å². The second-order valence-corrected chi connectivity index (χ2v) is 8.08. The van der Waals surface area contributed by atoms with E-state index in [2.05, 4.69) is 0 Å². The monoisotopic (exact) mass is 373 g/mol. The van der Waals surface area contributed by atoms with Crippen LogP contribution >= 0.6 is 11.3 Å². The molecule has 0 radical (unpaired) electrons.